The minimum Gasteiger partial charge on any atom is -0.496 e. The number of rotatable bonds is 5. The fourth-order valence-electron chi connectivity index (χ4n) is 3.35. The molecule has 0 radical (unpaired) electrons. The summed E-state index contributed by atoms with van der Waals surface area (Å²) in [6, 6.07) is 11.9. The van der Waals surface area contributed by atoms with Gasteiger partial charge in [0.05, 0.1) is 19.9 Å². The van der Waals surface area contributed by atoms with Crippen LogP contribution in [-0.4, -0.2) is 49.5 Å². The number of hydrogen-bond donors (Lipinski definition) is 0. The van der Waals surface area contributed by atoms with Crippen molar-refractivity contribution in [3.05, 3.63) is 58.1 Å². The Morgan fingerprint density at radius 2 is 1.86 bits per heavy atom. The molecule has 29 heavy (non-hydrogen) atoms. The lowest BCUT2D eigenvalue weighted by Crippen LogP contribution is -2.58. The number of methoxy groups -OCH3 is 2. The molecule has 152 valence electrons. The lowest BCUT2D eigenvalue weighted by atomic mass is 10.1. The average Bonchev–Trinajstić information content (AvgIpc) is 2.72. The van der Waals surface area contributed by atoms with Gasteiger partial charge in [-0.15, -0.1) is 0 Å². The molecular weight excluding hydrogens is 440 g/mol. The molecule has 7 nitrogen and oxygen atoms in total. The maximum atomic E-state index is 13.0. The van der Waals surface area contributed by atoms with Crippen LogP contribution in [0, 0.1) is 0 Å². The van der Waals surface area contributed by atoms with Gasteiger partial charge in [-0.2, -0.15) is 0 Å². The van der Waals surface area contributed by atoms with Crippen LogP contribution in [0.3, 0.4) is 0 Å². The molecule has 1 fully saturated rings. The van der Waals surface area contributed by atoms with Gasteiger partial charge in [0.2, 0.25) is 11.8 Å². The van der Waals surface area contributed by atoms with Gasteiger partial charge in [-0.3, -0.25) is 14.5 Å². The van der Waals surface area contributed by atoms with E-state index in [1.807, 2.05) is 30.3 Å². The lowest BCUT2D eigenvalue weighted by molar-refractivity contribution is -0.141. The first-order chi connectivity index (χ1) is 13.9. The van der Waals surface area contributed by atoms with E-state index in [0.717, 1.165) is 5.56 Å². The first kappa shape index (κ1) is 20.9. The third kappa shape index (κ3) is 4.12. The monoisotopic (exact) mass is 460 g/mol. The minimum atomic E-state index is -0.704. The van der Waals surface area contributed by atoms with Crippen LogP contribution in [0.1, 0.15) is 22.8 Å². The van der Waals surface area contributed by atoms with Crippen molar-refractivity contribution in [2.75, 3.05) is 25.7 Å². The summed E-state index contributed by atoms with van der Waals surface area (Å²) in [4.78, 5) is 40.9. The van der Waals surface area contributed by atoms with E-state index in [0.29, 0.717) is 16.7 Å². The van der Waals surface area contributed by atoms with Crippen molar-refractivity contribution in [1.82, 2.24) is 4.90 Å². The van der Waals surface area contributed by atoms with E-state index in [4.69, 9.17) is 9.47 Å². The van der Waals surface area contributed by atoms with Gasteiger partial charge in [-0.25, -0.2) is 4.79 Å². The number of esters is 1. The summed E-state index contributed by atoms with van der Waals surface area (Å²) in [7, 11) is 2.70. The Kier molecular flexibility index (Phi) is 6.22. The molecular formula is C21H21BrN2O5. The van der Waals surface area contributed by atoms with E-state index >= 15 is 0 Å². The standard InChI is InChI=1S/C21H21BrN2O5/c1-13-20(26)23(11-14-7-5-4-6-8-14)12-19(25)24(13)17-10-18(28-2)15(9-16(17)22)21(27)29-3/h4-10,13H,11-12H2,1-3H3. The zero-order chi connectivity index (χ0) is 21.1. The molecule has 0 aliphatic carbocycles. The van der Waals surface area contributed by atoms with Crippen molar-refractivity contribution in [2.45, 2.75) is 19.5 Å². The van der Waals surface area contributed by atoms with Crippen LogP contribution in [0.15, 0.2) is 46.9 Å². The lowest BCUT2D eigenvalue weighted by Gasteiger charge is -2.39. The largest absolute Gasteiger partial charge is 0.496 e. The second kappa shape index (κ2) is 8.65. The molecule has 0 aromatic heterocycles. The second-order valence-electron chi connectivity index (χ2n) is 6.62. The summed E-state index contributed by atoms with van der Waals surface area (Å²) in [5.41, 5.74) is 1.64. The van der Waals surface area contributed by atoms with E-state index in [-0.39, 0.29) is 29.7 Å². The quantitative estimate of drug-likeness (QED) is 0.640. The topological polar surface area (TPSA) is 76.2 Å². The van der Waals surface area contributed by atoms with Crippen LogP contribution in [0.4, 0.5) is 5.69 Å². The number of carbonyl (C=O) groups is 3. The summed E-state index contributed by atoms with van der Waals surface area (Å²) in [5, 5.41) is 0. The molecule has 8 heteroatoms. The molecule has 0 N–H and O–H groups in total. The Bertz CT molecular complexity index is 948. The number of halogens is 1. The van der Waals surface area contributed by atoms with Gasteiger partial charge in [0, 0.05) is 17.1 Å². The Balaban J connectivity index is 1.91. The molecule has 1 unspecified atom stereocenters. The Morgan fingerprint density at radius 1 is 1.17 bits per heavy atom. The predicted molar refractivity (Wildman–Crippen MR) is 111 cm³/mol. The van der Waals surface area contributed by atoms with Crippen molar-refractivity contribution in [3.63, 3.8) is 0 Å². The molecule has 2 amide bonds. The summed E-state index contributed by atoms with van der Waals surface area (Å²) in [5.74, 6) is -0.676. The van der Waals surface area contributed by atoms with Gasteiger partial charge in [0.1, 0.15) is 23.9 Å². The van der Waals surface area contributed by atoms with Gasteiger partial charge >= 0.3 is 5.97 Å². The highest BCUT2D eigenvalue weighted by Crippen LogP contribution is 2.36. The van der Waals surface area contributed by atoms with Crippen LogP contribution < -0.4 is 9.64 Å². The fraction of sp³-hybridized carbons (Fsp3) is 0.286. The SMILES string of the molecule is COC(=O)c1cc(Br)c(N2C(=O)CN(Cc3ccccc3)C(=O)C2C)cc1OC. The van der Waals surface area contributed by atoms with Gasteiger partial charge in [0.25, 0.3) is 0 Å². The fourth-order valence-corrected chi connectivity index (χ4v) is 3.89. The van der Waals surface area contributed by atoms with Crippen LogP contribution >= 0.6 is 15.9 Å². The highest BCUT2D eigenvalue weighted by Gasteiger charge is 2.38. The maximum Gasteiger partial charge on any atom is 0.341 e. The van der Waals surface area contributed by atoms with Crippen LogP contribution in [-0.2, 0) is 20.9 Å². The predicted octanol–water partition coefficient (Wildman–Crippen LogP) is 3.01. The van der Waals surface area contributed by atoms with Crippen molar-refractivity contribution < 1.29 is 23.9 Å². The molecule has 1 atom stereocenters. The minimum absolute atomic E-state index is 0.0361. The number of benzene rings is 2. The second-order valence-corrected chi connectivity index (χ2v) is 7.47. The van der Waals surface area contributed by atoms with Crippen LogP contribution in [0.2, 0.25) is 0 Å². The molecule has 0 saturated carbocycles. The Hall–Kier alpha value is -2.87. The van der Waals surface area contributed by atoms with E-state index in [1.54, 1.807) is 17.9 Å². The molecule has 1 aliphatic heterocycles. The Morgan fingerprint density at radius 3 is 2.48 bits per heavy atom. The van der Waals surface area contributed by atoms with Crippen molar-refractivity contribution >= 4 is 39.4 Å². The highest BCUT2D eigenvalue weighted by molar-refractivity contribution is 9.10. The highest BCUT2D eigenvalue weighted by atomic mass is 79.9. The number of amides is 2. The first-order valence-corrected chi connectivity index (χ1v) is 9.77. The normalized spacial score (nSPS) is 16.8. The number of piperazine rings is 1. The zero-order valence-electron chi connectivity index (χ0n) is 16.3. The first-order valence-electron chi connectivity index (χ1n) is 8.98. The summed E-state index contributed by atoms with van der Waals surface area (Å²) in [6.45, 7) is 2.02. The maximum absolute atomic E-state index is 13.0. The number of hydrogen-bond acceptors (Lipinski definition) is 5. The number of nitrogens with zero attached hydrogens (tertiary/aromatic N) is 2. The number of ether oxygens (including phenoxy) is 2. The molecule has 1 saturated heterocycles. The molecule has 2 aromatic rings. The molecule has 1 aliphatic rings. The summed E-state index contributed by atoms with van der Waals surface area (Å²) >= 11 is 3.41. The molecule has 1 heterocycles. The van der Waals surface area contributed by atoms with Crippen molar-refractivity contribution in [1.29, 1.82) is 0 Å². The third-order valence-electron chi connectivity index (χ3n) is 4.80. The third-order valence-corrected chi connectivity index (χ3v) is 5.44. The smallest absolute Gasteiger partial charge is 0.341 e. The van der Waals surface area contributed by atoms with Crippen molar-refractivity contribution in [2.24, 2.45) is 0 Å². The molecule has 3 rings (SSSR count). The Labute approximate surface area is 177 Å². The van der Waals surface area contributed by atoms with Gasteiger partial charge in [-0.1, -0.05) is 30.3 Å². The number of anilines is 1. The molecule has 2 aromatic carbocycles. The molecule has 0 bridgehead atoms. The average molecular weight is 461 g/mol. The van der Waals surface area contributed by atoms with E-state index in [9.17, 15) is 14.4 Å². The number of carbonyl (C=O) groups excluding carboxylic acids is 3. The van der Waals surface area contributed by atoms with E-state index in [1.165, 1.54) is 25.2 Å². The summed E-state index contributed by atoms with van der Waals surface area (Å²) < 4.78 is 10.6. The van der Waals surface area contributed by atoms with Crippen LogP contribution in [0.5, 0.6) is 5.75 Å². The summed E-state index contributed by atoms with van der Waals surface area (Å²) in [6.07, 6.45) is 0. The van der Waals surface area contributed by atoms with Crippen LogP contribution in [0.25, 0.3) is 0 Å². The van der Waals surface area contributed by atoms with Crippen molar-refractivity contribution in [3.8, 4) is 5.75 Å². The van der Waals surface area contributed by atoms with E-state index in [2.05, 4.69) is 15.9 Å². The van der Waals surface area contributed by atoms with Gasteiger partial charge < -0.3 is 14.4 Å². The molecule has 0 spiro atoms. The van der Waals surface area contributed by atoms with Gasteiger partial charge in [0.15, 0.2) is 0 Å². The van der Waals surface area contributed by atoms with Gasteiger partial charge in [-0.05, 0) is 34.5 Å². The van der Waals surface area contributed by atoms with E-state index < -0.39 is 12.0 Å². The zero-order valence-corrected chi connectivity index (χ0v) is 17.9.